The van der Waals surface area contributed by atoms with Gasteiger partial charge in [0.15, 0.2) is 0 Å². The van der Waals surface area contributed by atoms with Crippen LogP contribution in [0.4, 0.5) is 10.2 Å². The Labute approximate surface area is 182 Å². The van der Waals surface area contributed by atoms with Gasteiger partial charge in [0.2, 0.25) is 0 Å². The molecule has 0 amide bonds. The molecule has 0 saturated heterocycles. The van der Waals surface area contributed by atoms with Gasteiger partial charge < -0.3 is 10.5 Å². The van der Waals surface area contributed by atoms with Gasteiger partial charge in [-0.1, -0.05) is 12.5 Å². The van der Waals surface area contributed by atoms with Crippen LogP contribution in [0.5, 0.6) is 5.75 Å². The average Bonchev–Trinajstić information content (AvgIpc) is 2.99. The highest BCUT2D eigenvalue weighted by Gasteiger charge is 2.23. The summed E-state index contributed by atoms with van der Waals surface area (Å²) in [7, 11) is 0. The van der Waals surface area contributed by atoms with E-state index in [2.05, 4.69) is 30.1 Å². The van der Waals surface area contributed by atoms with Gasteiger partial charge in [-0.05, 0) is 97.7 Å². The van der Waals surface area contributed by atoms with Crippen molar-refractivity contribution in [2.75, 3.05) is 5.73 Å². The van der Waals surface area contributed by atoms with E-state index in [0.29, 0.717) is 23.7 Å². The number of rotatable bonds is 4. The molecule has 4 nitrogen and oxygen atoms in total. The summed E-state index contributed by atoms with van der Waals surface area (Å²) in [6.45, 7) is 4.47. The van der Waals surface area contributed by atoms with E-state index < -0.39 is 0 Å². The van der Waals surface area contributed by atoms with Crippen LogP contribution in [0.3, 0.4) is 0 Å². The summed E-state index contributed by atoms with van der Waals surface area (Å²) in [4.78, 5) is 4.58. The first-order valence-electron chi connectivity index (χ1n) is 10.7. The van der Waals surface area contributed by atoms with E-state index in [4.69, 9.17) is 10.5 Å². The number of nitrogen functional groups attached to an aromatic ring is 1. The number of nitrogens with zero attached hydrogens (tertiary/aromatic N) is 2. The Hall–Kier alpha value is -3.39. The zero-order chi connectivity index (χ0) is 22.0. The second kappa shape index (κ2) is 8.77. The number of hydrogen-bond donors (Lipinski definition) is 1. The number of aromatic nitrogens is 1. The number of nitriles is 1. The Bertz CT molecular complexity index is 1160. The topological polar surface area (TPSA) is 71.9 Å². The SMILES string of the molecule is Cc1cc(C)c(-c2c(C#N)c(N)nc3c2CCCCC3)cc1COc1ccc(F)cc1. The average molecular weight is 416 g/mol. The molecule has 1 aromatic heterocycles. The highest BCUT2D eigenvalue weighted by atomic mass is 19.1. The van der Waals surface area contributed by atoms with Gasteiger partial charge >= 0.3 is 0 Å². The van der Waals surface area contributed by atoms with Crippen LogP contribution < -0.4 is 10.5 Å². The van der Waals surface area contributed by atoms with Gasteiger partial charge in [0.25, 0.3) is 0 Å². The van der Waals surface area contributed by atoms with Gasteiger partial charge in [-0.25, -0.2) is 9.37 Å². The molecule has 0 spiro atoms. The molecule has 5 heteroatoms. The Morgan fingerprint density at radius 1 is 1.06 bits per heavy atom. The van der Waals surface area contributed by atoms with Crippen LogP contribution in [0.15, 0.2) is 36.4 Å². The first-order chi connectivity index (χ1) is 15.0. The smallest absolute Gasteiger partial charge is 0.142 e. The molecular formula is C26H26FN3O. The molecule has 2 N–H and O–H groups in total. The second-order valence-electron chi connectivity index (χ2n) is 8.18. The van der Waals surface area contributed by atoms with Crippen LogP contribution in [0.1, 0.15) is 52.8 Å². The van der Waals surface area contributed by atoms with Crippen molar-refractivity contribution >= 4 is 5.82 Å². The number of anilines is 1. The molecule has 3 aromatic rings. The van der Waals surface area contributed by atoms with Crippen LogP contribution in [0.2, 0.25) is 0 Å². The zero-order valence-electron chi connectivity index (χ0n) is 18.0. The fraction of sp³-hybridized carbons (Fsp3) is 0.308. The number of hydrogen-bond acceptors (Lipinski definition) is 4. The maximum Gasteiger partial charge on any atom is 0.142 e. The molecule has 0 atom stereocenters. The van der Waals surface area contributed by atoms with Gasteiger partial charge in [0.1, 0.15) is 35.6 Å². The van der Waals surface area contributed by atoms with Crippen molar-refractivity contribution in [1.29, 1.82) is 5.26 Å². The summed E-state index contributed by atoms with van der Waals surface area (Å²) < 4.78 is 19.1. The lowest BCUT2D eigenvalue weighted by molar-refractivity contribution is 0.305. The lowest BCUT2D eigenvalue weighted by Gasteiger charge is -2.19. The molecule has 1 aliphatic rings. The minimum atomic E-state index is -0.291. The third-order valence-electron chi connectivity index (χ3n) is 6.02. The lowest BCUT2D eigenvalue weighted by Crippen LogP contribution is -2.08. The maximum atomic E-state index is 13.2. The third-order valence-corrected chi connectivity index (χ3v) is 6.02. The van der Waals surface area contributed by atoms with Gasteiger partial charge in [-0.2, -0.15) is 5.26 Å². The summed E-state index contributed by atoms with van der Waals surface area (Å²) in [5, 5.41) is 9.90. The zero-order valence-corrected chi connectivity index (χ0v) is 18.0. The summed E-state index contributed by atoms with van der Waals surface area (Å²) in [5.41, 5.74) is 14.0. The van der Waals surface area contributed by atoms with Crippen LogP contribution in [-0.2, 0) is 19.4 Å². The summed E-state index contributed by atoms with van der Waals surface area (Å²) in [6.07, 6.45) is 5.13. The third kappa shape index (κ3) is 4.25. The van der Waals surface area contributed by atoms with Crippen molar-refractivity contribution < 1.29 is 9.13 Å². The van der Waals surface area contributed by atoms with Crippen LogP contribution in [-0.4, -0.2) is 4.98 Å². The molecule has 1 heterocycles. The van der Waals surface area contributed by atoms with Crippen molar-refractivity contribution in [1.82, 2.24) is 4.98 Å². The minimum absolute atomic E-state index is 0.291. The van der Waals surface area contributed by atoms with Crippen molar-refractivity contribution in [2.45, 2.75) is 52.6 Å². The number of benzene rings is 2. The Morgan fingerprint density at radius 3 is 2.55 bits per heavy atom. The molecule has 4 rings (SSSR count). The number of aryl methyl sites for hydroxylation is 3. The molecule has 1 aliphatic carbocycles. The first kappa shape index (κ1) is 20.9. The standard InChI is InChI=1S/C26H26FN3O/c1-16-12-17(2)22(13-18(16)15-31-20-10-8-19(27)9-11-20)25-21-6-4-3-5-7-24(21)30-26(29)23(25)14-28/h8-13H,3-7,15H2,1-2H3,(H2,29,30). The van der Waals surface area contributed by atoms with E-state index in [-0.39, 0.29) is 5.82 Å². The molecule has 0 saturated carbocycles. The molecule has 0 unspecified atom stereocenters. The van der Waals surface area contributed by atoms with Crippen molar-refractivity contribution in [3.63, 3.8) is 0 Å². The lowest BCUT2D eigenvalue weighted by atomic mass is 9.87. The quantitative estimate of drug-likeness (QED) is 0.546. The normalized spacial score (nSPS) is 13.2. The van der Waals surface area contributed by atoms with E-state index in [0.717, 1.165) is 71.2 Å². The number of pyridine rings is 1. The van der Waals surface area contributed by atoms with Gasteiger partial charge in [0, 0.05) is 11.3 Å². The second-order valence-corrected chi connectivity index (χ2v) is 8.18. The Kier molecular flexibility index (Phi) is 5.90. The number of nitrogens with two attached hydrogens (primary N) is 1. The van der Waals surface area contributed by atoms with E-state index >= 15 is 0 Å². The molecule has 0 bridgehead atoms. The monoisotopic (exact) mass is 415 g/mol. The fourth-order valence-corrected chi connectivity index (χ4v) is 4.36. The van der Waals surface area contributed by atoms with E-state index in [1.165, 1.54) is 12.1 Å². The van der Waals surface area contributed by atoms with E-state index in [1.807, 2.05) is 6.92 Å². The number of fused-ring (bicyclic) bond motifs is 1. The maximum absolute atomic E-state index is 13.2. The van der Waals surface area contributed by atoms with Gasteiger partial charge in [0.05, 0.1) is 0 Å². The molecule has 31 heavy (non-hydrogen) atoms. The molecular weight excluding hydrogens is 389 g/mol. The molecule has 0 radical (unpaired) electrons. The predicted octanol–water partition coefficient (Wildman–Crippen LogP) is 5.81. The molecule has 0 fully saturated rings. The summed E-state index contributed by atoms with van der Waals surface area (Å²) in [5.74, 6) is 0.631. The van der Waals surface area contributed by atoms with Crippen molar-refractivity contribution in [3.05, 3.63) is 75.7 Å². The minimum Gasteiger partial charge on any atom is -0.489 e. The van der Waals surface area contributed by atoms with Crippen LogP contribution in [0.25, 0.3) is 11.1 Å². The van der Waals surface area contributed by atoms with Gasteiger partial charge in [-0.15, -0.1) is 0 Å². The fourth-order valence-electron chi connectivity index (χ4n) is 4.36. The van der Waals surface area contributed by atoms with Crippen molar-refractivity contribution in [3.8, 4) is 22.9 Å². The summed E-state index contributed by atoms with van der Waals surface area (Å²) in [6, 6.07) is 12.5. The van der Waals surface area contributed by atoms with Crippen LogP contribution in [0, 0.1) is 31.0 Å². The molecule has 2 aromatic carbocycles. The Balaban J connectivity index is 1.79. The van der Waals surface area contributed by atoms with Crippen molar-refractivity contribution in [2.24, 2.45) is 0 Å². The number of halogens is 1. The molecule has 0 aliphatic heterocycles. The van der Waals surface area contributed by atoms with Crippen LogP contribution >= 0.6 is 0 Å². The highest BCUT2D eigenvalue weighted by Crippen LogP contribution is 2.38. The largest absolute Gasteiger partial charge is 0.489 e. The van der Waals surface area contributed by atoms with E-state index in [1.54, 1.807) is 12.1 Å². The van der Waals surface area contributed by atoms with E-state index in [9.17, 15) is 9.65 Å². The summed E-state index contributed by atoms with van der Waals surface area (Å²) >= 11 is 0. The Morgan fingerprint density at radius 2 is 1.81 bits per heavy atom. The first-order valence-corrected chi connectivity index (χ1v) is 10.7. The predicted molar refractivity (Wildman–Crippen MR) is 120 cm³/mol. The molecule has 158 valence electrons. The van der Waals surface area contributed by atoms with Gasteiger partial charge in [-0.3, -0.25) is 0 Å². The highest BCUT2D eigenvalue weighted by molar-refractivity contribution is 5.81. The number of ether oxygens (including phenoxy) is 1.